The van der Waals surface area contributed by atoms with Crippen LogP contribution in [0.5, 0.6) is 0 Å². The van der Waals surface area contributed by atoms with Crippen LogP contribution in [0.3, 0.4) is 0 Å². The van der Waals surface area contributed by atoms with Crippen LogP contribution in [-0.2, 0) is 4.79 Å². The first-order valence-corrected chi connectivity index (χ1v) is 6.43. The zero-order chi connectivity index (χ0) is 13.4. The molecule has 0 aliphatic rings. The number of carbonyl (C=O) groups excluding carboxylic acids is 1. The summed E-state index contributed by atoms with van der Waals surface area (Å²) in [6, 6.07) is 8.34. The molecule has 0 radical (unpaired) electrons. The van der Waals surface area contributed by atoms with Gasteiger partial charge >= 0.3 is 5.97 Å². The van der Waals surface area contributed by atoms with Crippen LogP contribution in [-0.4, -0.2) is 35.2 Å². The molecule has 0 aliphatic heterocycles. The van der Waals surface area contributed by atoms with Gasteiger partial charge in [0.15, 0.2) is 5.78 Å². The zero-order valence-corrected chi connectivity index (χ0v) is 10.9. The van der Waals surface area contributed by atoms with E-state index in [9.17, 15) is 9.59 Å². The first kappa shape index (κ1) is 14.7. The van der Waals surface area contributed by atoms with Crippen LogP contribution in [0.2, 0.25) is 0 Å². The average molecular weight is 267 g/mol. The first-order valence-electron chi connectivity index (χ1n) is 5.80. The van der Waals surface area contributed by atoms with Crippen LogP contribution < -0.4 is 5.32 Å². The third-order valence-corrected chi connectivity index (χ3v) is 2.81. The molecule has 5 heteroatoms. The fourth-order valence-electron chi connectivity index (χ4n) is 1.57. The number of carboxylic acids is 1. The molecular formula is C13H17NO3S. The maximum Gasteiger partial charge on any atom is 0.320 e. The van der Waals surface area contributed by atoms with Crippen LogP contribution in [0.1, 0.15) is 23.2 Å². The lowest BCUT2D eigenvalue weighted by atomic mass is 10.1. The van der Waals surface area contributed by atoms with E-state index >= 15 is 0 Å². The number of rotatable bonds is 8. The number of nitrogens with one attached hydrogen (secondary N) is 1. The molecule has 0 bridgehead atoms. The molecule has 0 unspecified atom stereocenters. The molecule has 4 nitrogen and oxygen atoms in total. The minimum atomic E-state index is -0.906. The van der Waals surface area contributed by atoms with Crippen molar-refractivity contribution < 1.29 is 14.7 Å². The summed E-state index contributed by atoms with van der Waals surface area (Å²) >= 11 is 4.00. The van der Waals surface area contributed by atoms with Crippen LogP contribution >= 0.6 is 12.6 Å². The van der Waals surface area contributed by atoms with Crippen LogP contribution in [0.15, 0.2) is 30.3 Å². The Balaban J connectivity index is 2.37. The lowest BCUT2D eigenvalue weighted by molar-refractivity contribution is -0.139. The summed E-state index contributed by atoms with van der Waals surface area (Å²) < 4.78 is 0. The van der Waals surface area contributed by atoms with E-state index in [1.54, 1.807) is 12.1 Å². The minimum Gasteiger partial charge on any atom is -0.480 e. The van der Waals surface area contributed by atoms with Crippen molar-refractivity contribution in [3.8, 4) is 0 Å². The Hall–Kier alpha value is -1.33. The van der Waals surface area contributed by atoms with Gasteiger partial charge in [0.25, 0.3) is 0 Å². The lowest BCUT2D eigenvalue weighted by Gasteiger charge is -2.12. The van der Waals surface area contributed by atoms with E-state index < -0.39 is 12.0 Å². The number of ketones is 1. The van der Waals surface area contributed by atoms with Crippen LogP contribution in [0, 0.1) is 0 Å². The summed E-state index contributed by atoms with van der Waals surface area (Å²) in [6.07, 6.45) is 0.734. The van der Waals surface area contributed by atoms with E-state index in [0.29, 0.717) is 30.7 Å². The topological polar surface area (TPSA) is 66.4 Å². The molecule has 1 aromatic rings. The summed E-state index contributed by atoms with van der Waals surface area (Å²) in [5, 5.41) is 11.8. The van der Waals surface area contributed by atoms with E-state index in [1.807, 2.05) is 18.2 Å². The predicted molar refractivity (Wildman–Crippen MR) is 73.3 cm³/mol. The monoisotopic (exact) mass is 267 g/mol. The number of hydrogen-bond donors (Lipinski definition) is 3. The Morgan fingerprint density at radius 3 is 2.50 bits per heavy atom. The number of thiol groups is 1. The van der Waals surface area contributed by atoms with Gasteiger partial charge in [-0.2, -0.15) is 12.6 Å². The predicted octanol–water partition coefficient (Wildman–Crippen LogP) is 1.62. The molecule has 0 heterocycles. The molecular weight excluding hydrogens is 250 g/mol. The molecule has 0 spiro atoms. The first-order chi connectivity index (χ1) is 8.65. The Labute approximate surface area is 112 Å². The highest BCUT2D eigenvalue weighted by atomic mass is 32.1. The number of carbonyl (C=O) groups is 2. The highest BCUT2D eigenvalue weighted by Gasteiger charge is 2.15. The van der Waals surface area contributed by atoms with Gasteiger partial charge in [-0.3, -0.25) is 9.59 Å². The van der Waals surface area contributed by atoms with Gasteiger partial charge in [-0.15, -0.1) is 0 Å². The Morgan fingerprint density at radius 1 is 1.28 bits per heavy atom. The number of carboxylic acid groups (broad SMARTS) is 1. The second-order valence-electron chi connectivity index (χ2n) is 3.90. The molecule has 98 valence electrons. The van der Waals surface area contributed by atoms with Crippen LogP contribution in [0.4, 0.5) is 0 Å². The summed E-state index contributed by atoms with van der Waals surface area (Å²) in [6.45, 7) is 0.360. The smallest absolute Gasteiger partial charge is 0.320 e. The van der Waals surface area contributed by atoms with Crippen molar-refractivity contribution in [2.45, 2.75) is 18.9 Å². The number of hydrogen-bond acceptors (Lipinski definition) is 4. The van der Waals surface area contributed by atoms with Crippen molar-refractivity contribution in [2.75, 3.05) is 12.3 Å². The SMILES string of the molecule is O=C(CCN[C@@H](CCS)C(=O)O)c1ccccc1. The van der Waals surface area contributed by atoms with Crippen molar-refractivity contribution in [3.63, 3.8) is 0 Å². The lowest BCUT2D eigenvalue weighted by Crippen LogP contribution is -2.38. The van der Waals surface area contributed by atoms with Gasteiger partial charge in [-0.25, -0.2) is 0 Å². The molecule has 1 atom stereocenters. The molecule has 0 fully saturated rings. The second-order valence-corrected chi connectivity index (χ2v) is 4.34. The van der Waals surface area contributed by atoms with E-state index in [1.165, 1.54) is 0 Å². The summed E-state index contributed by atoms with van der Waals surface area (Å²) in [7, 11) is 0. The van der Waals surface area contributed by atoms with Gasteiger partial charge in [0.05, 0.1) is 0 Å². The van der Waals surface area contributed by atoms with E-state index in [2.05, 4.69) is 17.9 Å². The number of benzene rings is 1. The fourth-order valence-corrected chi connectivity index (χ4v) is 1.83. The van der Waals surface area contributed by atoms with Crippen molar-refractivity contribution in [1.82, 2.24) is 5.32 Å². The molecule has 18 heavy (non-hydrogen) atoms. The van der Waals surface area contributed by atoms with Crippen molar-refractivity contribution in [1.29, 1.82) is 0 Å². The van der Waals surface area contributed by atoms with E-state index in [4.69, 9.17) is 5.11 Å². The molecule has 0 saturated heterocycles. The third kappa shape index (κ3) is 4.89. The Bertz CT molecular complexity index is 394. The third-order valence-electron chi connectivity index (χ3n) is 2.55. The van der Waals surface area contributed by atoms with Gasteiger partial charge in [-0.1, -0.05) is 30.3 Å². The standard InChI is InChI=1S/C13H17NO3S/c15-12(10-4-2-1-3-5-10)6-8-14-11(7-9-18)13(16)17/h1-5,11,14,18H,6-9H2,(H,16,17)/t11-/m0/s1. The van der Waals surface area contributed by atoms with Crippen molar-refractivity contribution in [3.05, 3.63) is 35.9 Å². The molecule has 0 saturated carbocycles. The Morgan fingerprint density at radius 2 is 1.94 bits per heavy atom. The van der Waals surface area contributed by atoms with E-state index in [0.717, 1.165) is 0 Å². The maximum atomic E-state index is 11.8. The summed E-state index contributed by atoms with van der Waals surface area (Å²) in [5.74, 6) is -0.398. The normalized spacial score (nSPS) is 12.1. The highest BCUT2D eigenvalue weighted by Crippen LogP contribution is 2.03. The van der Waals surface area contributed by atoms with Gasteiger partial charge in [0.1, 0.15) is 6.04 Å². The molecule has 1 rings (SSSR count). The number of Topliss-reactive ketones (excluding diaryl/α,β-unsaturated/α-hetero) is 1. The molecule has 0 aliphatic carbocycles. The Kier molecular flexibility index (Phi) is 6.46. The second kappa shape index (κ2) is 7.89. The quantitative estimate of drug-likeness (QED) is 0.494. The largest absolute Gasteiger partial charge is 0.480 e. The fraction of sp³-hybridized carbons (Fsp3) is 0.385. The van der Waals surface area contributed by atoms with E-state index in [-0.39, 0.29) is 5.78 Å². The van der Waals surface area contributed by atoms with Gasteiger partial charge < -0.3 is 10.4 Å². The van der Waals surface area contributed by atoms with Gasteiger partial charge in [-0.05, 0) is 12.2 Å². The minimum absolute atomic E-state index is 0.0121. The van der Waals surface area contributed by atoms with Crippen molar-refractivity contribution in [2.24, 2.45) is 0 Å². The molecule has 0 amide bonds. The zero-order valence-electron chi connectivity index (χ0n) is 10.0. The average Bonchev–Trinajstić information content (AvgIpc) is 2.38. The van der Waals surface area contributed by atoms with Crippen molar-refractivity contribution >= 4 is 24.4 Å². The summed E-state index contributed by atoms with van der Waals surface area (Å²) in [5.41, 5.74) is 0.653. The number of aliphatic carboxylic acids is 1. The van der Waals surface area contributed by atoms with Gasteiger partial charge in [0.2, 0.25) is 0 Å². The maximum absolute atomic E-state index is 11.8. The van der Waals surface area contributed by atoms with Crippen LogP contribution in [0.25, 0.3) is 0 Å². The molecule has 2 N–H and O–H groups in total. The summed E-state index contributed by atoms with van der Waals surface area (Å²) in [4.78, 5) is 22.6. The van der Waals surface area contributed by atoms with Gasteiger partial charge in [0, 0.05) is 18.5 Å². The molecule has 0 aromatic heterocycles. The highest BCUT2D eigenvalue weighted by molar-refractivity contribution is 7.80. The molecule has 1 aromatic carbocycles.